The van der Waals surface area contributed by atoms with Gasteiger partial charge in [-0.25, -0.2) is 14.0 Å². The van der Waals surface area contributed by atoms with Gasteiger partial charge in [0, 0.05) is 37.9 Å². The van der Waals surface area contributed by atoms with Crippen molar-refractivity contribution in [1.82, 2.24) is 9.88 Å². The average molecular weight is 579 g/mol. The van der Waals surface area contributed by atoms with E-state index >= 15 is 4.39 Å². The third-order valence-corrected chi connectivity index (χ3v) is 8.15. The number of methoxy groups -OCH3 is 1. The van der Waals surface area contributed by atoms with Gasteiger partial charge in [0.05, 0.1) is 31.1 Å². The summed E-state index contributed by atoms with van der Waals surface area (Å²) in [5.74, 6) is -1.99. The molecule has 1 saturated heterocycles. The number of carboxylic acid groups (broad SMARTS) is 1. The summed E-state index contributed by atoms with van der Waals surface area (Å²) in [5, 5.41) is 12.2. The molecule has 3 aliphatic rings. The van der Waals surface area contributed by atoms with Crippen molar-refractivity contribution in [2.75, 3.05) is 43.1 Å². The molecule has 2 N–H and O–H groups in total. The number of rotatable bonds is 7. The second kappa shape index (κ2) is 10.7. The smallest absolute Gasteiger partial charge is 0.414 e. The number of nitrogens with one attached hydrogen (secondary N) is 1. The first-order valence-electron chi connectivity index (χ1n) is 13.9. The van der Waals surface area contributed by atoms with Crippen molar-refractivity contribution in [2.24, 2.45) is 0 Å². The summed E-state index contributed by atoms with van der Waals surface area (Å²) in [6.45, 7) is 2.89. The van der Waals surface area contributed by atoms with Crippen molar-refractivity contribution >= 4 is 40.2 Å². The van der Waals surface area contributed by atoms with Gasteiger partial charge in [0.2, 0.25) is 11.3 Å². The average Bonchev–Trinajstić information content (AvgIpc) is 3.76. The highest BCUT2D eigenvalue weighted by molar-refractivity contribution is 5.97. The number of carbonyl (C=O) groups excluding carboxylic acids is 2. The molecule has 1 aliphatic carbocycles. The van der Waals surface area contributed by atoms with E-state index < -0.39 is 35.0 Å². The number of carbonyl (C=O) groups is 3. The van der Waals surface area contributed by atoms with Crippen molar-refractivity contribution in [3.05, 3.63) is 63.2 Å². The first-order valence-corrected chi connectivity index (χ1v) is 13.9. The normalized spacial score (nSPS) is 18.5. The highest BCUT2D eigenvalue weighted by Gasteiger charge is 2.34. The minimum atomic E-state index is -1.35. The summed E-state index contributed by atoms with van der Waals surface area (Å²) in [4.78, 5) is 52.0. The highest BCUT2D eigenvalue weighted by atomic mass is 19.1. The Morgan fingerprint density at radius 3 is 2.55 bits per heavy atom. The van der Waals surface area contributed by atoms with Gasteiger partial charge in [-0.05, 0) is 55.0 Å². The van der Waals surface area contributed by atoms with Crippen LogP contribution >= 0.6 is 0 Å². The number of nitrogens with zero attached hydrogens (tertiary/aromatic N) is 3. The lowest BCUT2D eigenvalue weighted by molar-refractivity contribution is -0.119. The number of hydrogen-bond acceptors (Lipinski definition) is 7. The molecule has 220 valence electrons. The number of amides is 2. The van der Waals surface area contributed by atoms with E-state index in [1.165, 1.54) is 20.2 Å². The predicted molar refractivity (Wildman–Crippen MR) is 152 cm³/mol. The Kier molecular flexibility index (Phi) is 6.99. The van der Waals surface area contributed by atoms with E-state index in [1.54, 1.807) is 9.47 Å². The summed E-state index contributed by atoms with van der Waals surface area (Å²) in [5.41, 5.74) is 2.28. The first-order chi connectivity index (χ1) is 20.2. The summed E-state index contributed by atoms with van der Waals surface area (Å²) < 4.78 is 28.7. The molecule has 3 heterocycles. The Balaban J connectivity index is 1.31. The molecule has 6 rings (SSSR count). The van der Waals surface area contributed by atoms with Crippen LogP contribution in [0.4, 0.5) is 20.6 Å². The lowest BCUT2D eigenvalue weighted by atomic mass is 10.0. The van der Waals surface area contributed by atoms with E-state index in [2.05, 4.69) is 5.32 Å². The molecule has 2 aromatic carbocycles. The number of halogens is 1. The van der Waals surface area contributed by atoms with Crippen LogP contribution in [0.2, 0.25) is 0 Å². The largest absolute Gasteiger partial charge is 0.492 e. The maximum absolute atomic E-state index is 15.8. The maximum Gasteiger partial charge on any atom is 0.414 e. The lowest BCUT2D eigenvalue weighted by Gasteiger charge is -2.27. The molecular weight excluding hydrogens is 547 g/mol. The van der Waals surface area contributed by atoms with Gasteiger partial charge < -0.3 is 29.4 Å². The molecule has 2 fully saturated rings. The van der Waals surface area contributed by atoms with Gasteiger partial charge in [-0.3, -0.25) is 14.5 Å². The second-order valence-electron chi connectivity index (χ2n) is 10.9. The molecule has 2 amide bonds. The molecular formula is C30H31FN4O7. The number of ether oxygens (including phenoxy) is 2. The molecule has 1 aromatic heterocycles. The Morgan fingerprint density at radius 2 is 1.88 bits per heavy atom. The van der Waals surface area contributed by atoms with E-state index in [0.717, 1.165) is 30.0 Å². The number of hydrogen-bond donors (Lipinski definition) is 2. The van der Waals surface area contributed by atoms with Gasteiger partial charge >= 0.3 is 12.1 Å². The molecule has 0 bridgehead atoms. The van der Waals surface area contributed by atoms with Crippen LogP contribution in [0, 0.1) is 5.82 Å². The summed E-state index contributed by atoms with van der Waals surface area (Å²) >= 11 is 0. The minimum Gasteiger partial charge on any atom is -0.492 e. The van der Waals surface area contributed by atoms with E-state index in [0.29, 0.717) is 43.7 Å². The lowest BCUT2D eigenvalue weighted by Crippen LogP contribution is -2.33. The predicted octanol–water partition coefficient (Wildman–Crippen LogP) is 3.25. The third kappa shape index (κ3) is 4.90. The number of aromatic carboxylic acids is 1. The Morgan fingerprint density at radius 1 is 1.14 bits per heavy atom. The van der Waals surface area contributed by atoms with Crippen molar-refractivity contribution < 1.29 is 33.4 Å². The number of cyclic esters (lactones) is 1. The molecule has 12 heteroatoms. The fourth-order valence-corrected chi connectivity index (χ4v) is 5.92. The first kappa shape index (κ1) is 27.6. The molecule has 1 atom stereocenters. The van der Waals surface area contributed by atoms with Crippen molar-refractivity contribution in [3.8, 4) is 5.75 Å². The zero-order valence-corrected chi connectivity index (χ0v) is 23.3. The molecule has 1 unspecified atom stereocenters. The summed E-state index contributed by atoms with van der Waals surface area (Å²) in [6.07, 6.45) is 3.25. The molecule has 3 aromatic rings. The van der Waals surface area contributed by atoms with Gasteiger partial charge in [0.15, 0.2) is 11.6 Å². The zero-order chi connectivity index (χ0) is 29.7. The summed E-state index contributed by atoms with van der Waals surface area (Å²) in [6, 6.07) is 6.93. The molecule has 11 nitrogen and oxygen atoms in total. The number of benzene rings is 2. The zero-order valence-electron chi connectivity index (χ0n) is 23.3. The fourth-order valence-electron chi connectivity index (χ4n) is 5.92. The fraction of sp³-hybridized carbons (Fsp3) is 0.400. The minimum absolute atomic E-state index is 0.0142. The van der Waals surface area contributed by atoms with Crippen LogP contribution < -0.4 is 25.3 Å². The molecule has 42 heavy (non-hydrogen) atoms. The SMILES string of the molecule is COc1c(N2CCc3ccc(N4CC(CNC(C)=O)OC4=O)cc3CC2)c(F)cc2c(=O)c(C(=O)O)cn(C3CC3)c12. The van der Waals surface area contributed by atoms with Gasteiger partial charge in [0.25, 0.3) is 0 Å². The van der Waals surface area contributed by atoms with Crippen LogP contribution in [0.5, 0.6) is 5.75 Å². The monoisotopic (exact) mass is 578 g/mol. The van der Waals surface area contributed by atoms with Gasteiger partial charge in [-0.15, -0.1) is 0 Å². The van der Waals surface area contributed by atoms with Crippen LogP contribution in [-0.4, -0.2) is 67.0 Å². The molecule has 0 radical (unpaired) electrons. The van der Waals surface area contributed by atoms with Crippen molar-refractivity contribution in [3.63, 3.8) is 0 Å². The van der Waals surface area contributed by atoms with Gasteiger partial charge in [-0.1, -0.05) is 6.07 Å². The number of aromatic nitrogens is 1. The maximum atomic E-state index is 15.8. The number of fused-ring (bicyclic) bond motifs is 2. The van der Waals surface area contributed by atoms with E-state index in [1.807, 2.05) is 23.1 Å². The quantitative estimate of drug-likeness (QED) is 0.437. The standard InChI is InChI=1S/C30H31FN4O7/c1-16(36)32-13-21-14-35(30(40)42-21)20-4-3-17-7-9-33(10-8-18(17)11-20)26-24(31)12-22-25(28(26)41-2)34(19-5-6-19)15-23(27(22)37)29(38)39/h3-4,11-12,15,19,21H,5-10,13-14H2,1-2H3,(H,32,36)(H,38,39). The second-order valence-corrected chi connectivity index (χ2v) is 10.9. The van der Waals surface area contributed by atoms with Crippen LogP contribution in [0.15, 0.2) is 35.3 Å². The van der Waals surface area contributed by atoms with Crippen molar-refractivity contribution in [2.45, 2.75) is 44.8 Å². The van der Waals surface area contributed by atoms with Crippen LogP contribution in [0.25, 0.3) is 10.9 Å². The van der Waals surface area contributed by atoms with Crippen LogP contribution in [-0.2, 0) is 22.4 Å². The molecule has 1 saturated carbocycles. The molecule has 0 spiro atoms. The highest BCUT2D eigenvalue weighted by Crippen LogP contribution is 2.44. The van der Waals surface area contributed by atoms with Crippen LogP contribution in [0.3, 0.4) is 0 Å². The Bertz CT molecular complexity index is 1680. The van der Waals surface area contributed by atoms with Crippen LogP contribution in [0.1, 0.15) is 47.3 Å². The van der Waals surface area contributed by atoms with E-state index in [4.69, 9.17) is 9.47 Å². The number of anilines is 2. The topological polar surface area (TPSA) is 130 Å². The number of carboxylic acids is 1. The van der Waals surface area contributed by atoms with E-state index in [9.17, 15) is 24.3 Å². The van der Waals surface area contributed by atoms with Gasteiger partial charge in [-0.2, -0.15) is 0 Å². The van der Waals surface area contributed by atoms with Gasteiger partial charge in [0.1, 0.15) is 17.4 Å². The Hall–Kier alpha value is -4.61. The molecule has 2 aliphatic heterocycles. The third-order valence-electron chi connectivity index (χ3n) is 8.15. The summed E-state index contributed by atoms with van der Waals surface area (Å²) in [7, 11) is 1.43. The van der Waals surface area contributed by atoms with Crippen molar-refractivity contribution in [1.29, 1.82) is 0 Å². The number of pyridine rings is 1. The van der Waals surface area contributed by atoms with E-state index in [-0.39, 0.29) is 35.3 Å². The Labute approximate surface area is 240 Å².